The van der Waals surface area contributed by atoms with E-state index in [-0.39, 0.29) is 5.41 Å². The molecule has 0 fully saturated rings. The second-order valence-electron chi connectivity index (χ2n) is 8.70. The van der Waals surface area contributed by atoms with Crippen LogP contribution < -0.4 is 9.13 Å². The average Bonchev–Trinajstić information content (AvgIpc) is 2.92. The fourth-order valence-electron chi connectivity index (χ4n) is 3.65. The number of hydrogen-bond donors (Lipinski definition) is 0. The lowest BCUT2D eigenvalue weighted by Gasteiger charge is -2.19. The second-order valence-corrected chi connectivity index (χ2v) is 8.70. The minimum Gasteiger partial charge on any atom is -0.233 e. The fourth-order valence-corrected chi connectivity index (χ4v) is 3.65. The van der Waals surface area contributed by atoms with Crippen molar-refractivity contribution in [2.75, 3.05) is 0 Å². The van der Waals surface area contributed by atoms with Gasteiger partial charge >= 0.3 is 6.18 Å². The van der Waals surface area contributed by atoms with Crippen LogP contribution in [-0.2, 0) is 32.7 Å². The molecule has 0 aliphatic heterocycles. The van der Waals surface area contributed by atoms with Gasteiger partial charge in [0, 0.05) is 12.1 Å². The van der Waals surface area contributed by atoms with E-state index in [1.165, 1.54) is 12.1 Å². The summed E-state index contributed by atoms with van der Waals surface area (Å²) in [6.45, 7) is 8.18. The van der Waals surface area contributed by atoms with Crippen molar-refractivity contribution in [1.82, 2.24) is 4.57 Å². The monoisotopic (exact) mass is 403 g/mol. The number of imidazole rings is 1. The molecule has 6 heteroatoms. The van der Waals surface area contributed by atoms with Crippen molar-refractivity contribution in [1.29, 1.82) is 0 Å². The first kappa shape index (κ1) is 21.1. The van der Waals surface area contributed by atoms with Crippen LogP contribution in [0.3, 0.4) is 0 Å². The molecular weight excluding hydrogens is 375 g/mol. The SMILES string of the molecule is Cc1c(-c2cc(C(C)(C)C)cc[n+]2C)cc(C(F)(F)F)cc1-c1n(C)cc[n+]1C. The third-order valence-electron chi connectivity index (χ3n) is 5.45. The van der Waals surface area contributed by atoms with Crippen LogP contribution in [-0.4, -0.2) is 4.57 Å². The molecule has 0 atom stereocenters. The van der Waals surface area contributed by atoms with Gasteiger partial charge in [-0.1, -0.05) is 20.8 Å². The van der Waals surface area contributed by atoms with Crippen molar-refractivity contribution in [3.63, 3.8) is 0 Å². The second kappa shape index (κ2) is 7.01. The summed E-state index contributed by atoms with van der Waals surface area (Å²) >= 11 is 0. The molecule has 0 aliphatic carbocycles. The van der Waals surface area contributed by atoms with Crippen molar-refractivity contribution in [3.05, 3.63) is 59.5 Å². The third kappa shape index (κ3) is 3.93. The van der Waals surface area contributed by atoms with E-state index >= 15 is 0 Å². The Morgan fingerprint density at radius 1 is 0.862 bits per heavy atom. The number of benzene rings is 1. The molecule has 2 aromatic heterocycles. The largest absolute Gasteiger partial charge is 0.416 e. The lowest BCUT2D eigenvalue weighted by atomic mass is 9.86. The molecule has 0 spiro atoms. The number of pyridine rings is 1. The van der Waals surface area contributed by atoms with Crippen LogP contribution >= 0.6 is 0 Å². The van der Waals surface area contributed by atoms with E-state index in [0.29, 0.717) is 11.1 Å². The van der Waals surface area contributed by atoms with Crippen LogP contribution in [0.2, 0.25) is 0 Å². The van der Waals surface area contributed by atoms with Crippen LogP contribution in [0, 0.1) is 6.92 Å². The molecule has 3 nitrogen and oxygen atoms in total. The Hall–Kier alpha value is -2.63. The number of hydrogen-bond acceptors (Lipinski definition) is 0. The van der Waals surface area contributed by atoms with Crippen molar-refractivity contribution in [3.8, 4) is 22.6 Å². The van der Waals surface area contributed by atoms with Crippen LogP contribution in [0.15, 0.2) is 42.9 Å². The van der Waals surface area contributed by atoms with Gasteiger partial charge in [0.05, 0.1) is 30.8 Å². The predicted molar refractivity (Wildman–Crippen MR) is 107 cm³/mol. The van der Waals surface area contributed by atoms with Gasteiger partial charge in [-0.15, -0.1) is 0 Å². The Labute approximate surface area is 170 Å². The summed E-state index contributed by atoms with van der Waals surface area (Å²) in [5.74, 6) is 0.726. The molecule has 3 aromatic rings. The third-order valence-corrected chi connectivity index (χ3v) is 5.45. The van der Waals surface area contributed by atoms with Crippen molar-refractivity contribution >= 4 is 0 Å². The molecule has 0 aliphatic rings. The zero-order chi connectivity index (χ0) is 21.7. The molecule has 0 N–H and O–H groups in total. The minimum absolute atomic E-state index is 0.105. The molecule has 0 unspecified atom stereocenters. The number of aromatic nitrogens is 3. The maximum absolute atomic E-state index is 13.8. The quantitative estimate of drug-likeness (QED) is 0.553. The molecule has 0 saturated heterocycles. The van der Waals surface area contributed by atoms with Crippen LogP contribution in [0.25, 0.3) is 22.6 Å². The van der Waals surface area contributed by atoms with E-state index < -0.39 is 11.7 Å². The van der Waals surface area contributed by atoms with Gasteiger partial charge in [-0.05, 0) is 35.6 Å². The zero-order valence-corrected chi connectivity index (χ0v) is 18.0. The first-order valence-electron chi connectivity index (χ1n) is 9.54. The van der Waals surface area contributed by atoms with Gasteiger partial charge in [-0.3, -0.25) is 0 Å². The van der Waals surface area contributed by atoms with Crippen LogP contribution in [0.4, 0.5) is 13.2 Å². The smallest absolute Gasteiger partial charge is 0.233 e. The molecule has 0 amide bonds. The zero-order valence-electron chi connectivity index (χ0n) is 18.0. The Morgan fingerprint density at radius 3 is 2.00 bits per heavy atom. The number of alkyl halides is 3. The van der Waals surface area contributed by atoms with Gasteiger partial charge in [0.15, 0.2) is 6.20 Å². The average molecular weight is 403 g/mol. The number of rotatable bonds is 2. The van der Waals surface area contributed by atoms with E-state index in [4.69, 9.17) is 0 Å². The lowest BCUT2D eigenvalue weighted by Crippen LogP contribution is -2.32. The highest BCUT2D eigenvalue weighted by atomic mass is 19.4. The first-order chi connectivity index (χ1) is 13.3. The Balaban J connectivity index is 2.38. The summed E-state index contributed by atoms with van der Waals surface area (Å²) in [4.78, 5) is 0. The minimum atomic E-state index is -4.43. The predicted octanol–water partition coefficient (Wildman–Crippen LogP) is 4.63. The molecule has 29 heavy (non-hydrogen) atoms. The summed E-state index contributed by atoms with van der Waals surface area (Å²) < 4.78 is 46.9. The summed E-state index contributed by atoms with van der Waals surface area (Å²) in [6, 6.07) is 6.53. The van der Waals surface area contributed by atoms with E-state index in [0.717, 1.165) is 22.6 Å². The number of nitrogens with zero attached hydrogens (tertiary/aromatic N) is 3. The van der Waals surface area contributed by atoms with E-state index in [1.54, 1.807) is 0 Å². The Morgan fingerprint density at radius 2 is 1.48 bits per heavy atom. The number of aryl methyl sites for hydroxylation is 3. The highest BCUT2D eigenvalue weighted by molar-refractivity contribution is 5.74. The van der Waals surface area contributed by atoms with E-state index in [1.807, 2.05) is 72.5 Å². The lowest BCUT2D eigenvalue weighted by molar-refractivity contribution is -0.660. The van der Waals surface area contributed by atoms with E-state index in [9.17, 15) is 13.2 Å². The Kier molecular flexibility index (Phi) is 5.10. The fraction of sp³-hybridized carbons (Fsp3) is 0.391. The van der Waals surface area contributed by atoms with Gasteiger partial charge in [0.1, 0.15) is 19.4 Å². The summed E-state index contributed by atoms with van der Waals surface area (Å²) in [6.07, 6.45) is 1.17. The van der Waals surface area contributed by atoms with Crippen molar-refractivity contribution < 1.29 is 22.3 Å². The van der Waals surface area contributed by atoms with Crippen LogP contribution in [0.5, 0.6) is 0 Å². The van der Waals surface area contributed by atoms with Crippen LogP contribution in [0.1, 0.15) is 37.5 Å². The standard InChI is InChI=1S/C23H28F3N3/c1-15-18(20-14-16(22(2,3)4)8-9-27(20)5)12-17(23(24,25)26)13-19(15)21-28(6)10-11-29(21)7/h8-14H,1-7H3/q+2. The first-order valence-corrected chi connectivity index (χ1v) is 9.54. The molecular formula is C23H28F3N3+2. The van der Waals surface area contributed by atoms with Crippen molar-refractivity contribution in [2.24, 2.45) is 21.1 Å². The summed E-state index contributed by atoms with van der Waals surface area (Å²) in [5.41, 5.74) is 3.07. The maximum Gasteiger partial charge on any atom is 0.416 e. The van der Waals surface area contributed by atoms with Crippen molar-refractivity contribution in [2.45, 2.75) is 39.3 Å². The van der Waals surface area contributed by atoms with Gasteiger partial charge < -0.3 is 0 Å². The van der Waals surface area contributed by atoms with Gasteiger partial charge in [0.2, 0.25) is 5.69 Å². The normalized spacial score (nSPS) is 12.5. The number of halogens is 3. The molecule has 1 aromatic carbocycles. The molecule has 3 rings (SSSR count). The topological polar surface area (TPSA) is 12.7 Å². The summed E-state index contributed by atoms with van der Waals surface area (Å²) in [7, 11) is 5.55. The molecule has 154 valence electrons. The Bertz CT molecular complexity index is 1050. The van der Waals surface area contributed by atoms with Gasteiger partial charge in [0.25, 0.3) is 5.82 Å². The molecule has 2 heterocycles. The molecule has 0 radical (unpaired) electrons. The highest BCUT2D eigenvalue weighted by Crippen LogP contribution is 2.38. The van der Waals surface area contributed by atoms with Gasteiger partial charge in [-0.2, -0.15) is 13.2 Å². The van der Waals surface area contributed by atoms with Gasteiger partial charge in [-0.25, -0.2) is 13.7 Å². The maximum atomic E-state index is 13.8. The highest BCUT2D eigenvalue weighted by Gasteiger charge is 2.35. The molecule has 0 saturated carbocycles. The summed E-state index contributed by atoms with van der Waals surface area (Å²) in [5, 5.41) is 0. The van der Waals surface area contributed by atoms with E-state index in [2.05, 4.69) is 20.8 Å². The molecule has 0 bridgehead atoms.